The van der Waals surface area contributed by atoms with E-state index in [-0.39, 0.29) is 48.5 Å². The van der Waals surface area contributed by atoms with Gasteiger partial charge in [-0.2, -0.15) is 0 Å². The maximum Gasteiger partial charge on any atom is 0.313 e. The zero-order valence-corrected chi connectivity index (χ0v) is 14.4. The first-order chi connectivity index (χ1) is 12.0. The SMILES string of the molecule is C[C@@H]1C[C@@H]2OC(=O)C13CC[C@]14C[C@H](C=C(CO)[C@H]5C[C@H]2[C@H]3[C@@H]51)OC4=O. The molecule has 0 aromatic carbocycles. The summed E-state index contributed by atoms with van der Waals surface area (Å²) in [6.07, 6.45) is 5.89. The highest BCUT2D eigenvalue weighted by Crippen LogP contribution is 2.74. The van der Waals surface area contributed by atoms with Crippen LogP contribution >= 0.6 is 0 Å². The molecule has 3 aliphatic heterocycles. The molecule has 5 heteroatoms. The Morgan fingerprint density at radius 2 is 2.00 bits per heavy atom. The Morgan fingerprint density at radius 1 is 1.16 bits per heavy atom. The van der Waals surface area contributed by atoms with Gasteiger partial charge in [-0.05, 0) is 61.0 Å². The Morgan fingerprint density at radius 3 is 2.76 bits per heavy atom. The molecule has 9 atom stereocenters. The van der Waals surface area contributed by atoms with Crippen LogP contribution in [-0.2, 0) is 19.1 Å². The van der Waals surface area contributed by atoms with Crippen LogP contribution in [0.2, 0.25) is 0 Å². The number of aliphatic hydroxyl groups is 1. The van der Waals surface area contributed by atoms with Crippen LogP contribution in [0.1, 0.15) is 39.0 Å². The number of hydrogen-bond acceptors (Lipinski definition) is 5. The van der Waals surface area contributed by atoms with Crippen LogP contribution in [0.4, 0.5) is 0 Å². The first-order valence-electron chi connectivity index (χ1n) is 9.75. The quantitative estimate of drug-likeness (QED) is 0.580. The Kier molecular flexibility index (Phi) is 2.54. The summed E-state index contributed by atoms with van der Waals surface area (Å²) in [6, 6.07) is 0. The van der Waals surface area contributed by atoms with Crippen molar-refractivity contribution in [3.8, 4) is 0 Å². The molecule has 2 spiro atoms. The minimum absolute atomic E-state index is 0.00962. The van der Waals surface area contributed by atoms with Crippen LogP contribution in [0.5, 0.6) is 0 Å². The van der Waals surface area contributed by atoms with E-state index < -0.39 is 10.8 Å². The van der Waals surface area contributed by atoms with Gasteiger partial charge in [-0.25, -0.2) is 0 Å². The number of rotatable bonds is 1. The summed E-state index contributed by atoms with van der Waals surface area (Å²) in [4.78, 5) is 25.9. The summed E-state index contributed by atoms with van der Waals surface area (Å²) in [5.74, 6) is 1.10. The minimum Gasteiger partial charge on any atom is -0.462 e. The predicted octanol–water partition coefficient (Wildman–Crippen LogP) is 1.83. The van der Waals surface area contributed by atoms with Crippen molar-refractivity contribution in [3.05, 3.63) is 11.6 Å². The van der Waals surface area contributed by atoms with Gasteiger partial charge >= 0.3 is 11.9 Å². The van der Waals surface area contributed by atoms with Crippen molar-refractivity contribution in [3.63, 3.8) is 0 Å². The molecule has 7 aliphatic rings. The van der Waals surface area contributed by atoms with Gasteiger partial charge in [-0.1, -0.05) is 6.92 Å². The average Bonchev–Trinajstić information content (AvgIpc) is 3.08. The standard InChI is InChI=1S/C20H24O5/c1-9-4-14-13-6-12-10(8-21)5-11-7-19(17(22)24-11)2-3-20(9,18(23)25-14)16(13)15(12)19/h5,9,11-16,21H,2-4,6-8H2,1H3/t9-,11+,12-,13-,14+,15-,16+,19+,20?/m1/s1. The van der Waals surface area contributed by atoms with Crippen LogP contribution in [-0.4, -0.2) is 35.9 Å². The van der Waals surface area contributed by atoms with Crippen LogP contribution in [0.3, 0.4) is 0 Å². The fraction of sp³-hybridized carbons (Fsp3) is 0.800. The molecule has 6 fully saturated rings. The van der Waals surface area contributed by atoms with Crippen LogP contribution in [0, 0.1) is 40.4 Å². The molecule has 3 saturated carbocycles. The van der Waals surface area contributed by atoms with Gasteiger partial charge in [0.2, 0.25) is 0 Å². The number of carbonyl (C=O) groups excluding carboxylic acids is 2. The van der Waals surface area contributed by atoms with Gasteiger partial charge in [0.05, 0.1) is 17.4 Å². The summed E-state index contributed by atoms with van der Waals surface area (Å²) >= 11 is 0. The molecule has 3 saturated heterocycles. The van der Waals surface area contributed by atoms with E-state index in [1.54, 1.807) is 0 Å². The molecule has 1 N–H and O–H groups in total. The number of carbonyl (C=O) groups is 2. The number of fused-ring (bicyclic) bond motifs is 3. The number of ether oxygens (including phenoxy) is 2. The molecule has 4 bridgehead atoms. The van der Waals surface area contributed by atoms with E-state index in [9.17, 15) is 14.7 Å². The van der Waals surface area contributed by atoms with E-state index in [1.165, 1.54) is 0 Å². The third kappa shape index (κ3) is 1.41. The third-order valence-corrected chi connectivity index (χ3v) is 8.90. The molecule has 4 aliphatic carbocycles. The van der Waals surface area contributed by atoms with Gasteiger partial charge in [0.1, 0.15) is 12.2 Å². The molecule has 25 heavy (non-hydrogen) atoms. The Hall–Kier alpha value is -1.36. The lowest BCUT2D eigenvalue weighted by Gasteiger charge is -2.62. The van der Waals surface area contributed by atoms with Crippen molar-refractivity contribution < 1.29 is 24.2 Å². The molecule has 0 radical (unpaired) electrons. The zero-order valence-electron chi connectivity index (χ0n) is 14.4. The van der Waals surface area contributed by atoms with E-state index in [1.807, 2.05) is 6.08 Å². The van der Waals surface area contributed by atoms with E-state index >= 15 is 0 Å². The van der Waals surface area contributed by atoms with E-state index in [2.05, 4.69) is 6.92 Å². The second-order valence-electron chi connectivity index (χ2n) is 9.38. The van der Waals surface area contributed by atoms with Crippen LogP contribution in [0.25, 0.3) is 0 Å². The average molecular weight is 344 g/mol. The fourth-order valence-corrected chi connectivity index (χ4v) is 8.03. The van der Waals surface area contributed by atoms with Gasteiger partial charge in [0, 0.05) is 12.3 Å². The molecule has 134 valence electrons. The summed E-state index contributed by atoms with van der Waals surface area (Å²) in [5, 5.41) is 10.0. The molecule has 1 unspecified atom stereocenters. The first-order valence-corrected chi connectivity index (χ1v) is 9.75. The topological polar surface area (TPSA) is 72.8 Å². The minimum atomic E-state index is -0.453. The molecule has 3 heterocycles. The molecule has 0 aromatic heterocycles. The second kappa shape index (κ2) is 4.30. The Labute approximate surface area is 146 Å². The molecule has 0 aromatic rings. The largest absolute Gasteiger partial charge is 0.462 e. The zero-order chi connectivity index (χ0) is 17.1. The van der Waals surface area contributed by atoms with Crippen molar-refractivity contribution in [2.24, 2.45) is 40.4 Å². The van der Waals surface area contributed by atoms with Gasteiger partial charge in [0.25, 0.3) is 0 Å². The lowest BCUT2D eigenvalue weighted by Crippen LogP contribution is -2.66. The lowest BCUT2D eigenvalue weighted by molar-refractivity contribution is -0.234. The third-order valence-electron chi connectivity index (χ3n) is 8.90. The van der Waals surface area contributed by atoms with Crippen LogP contribution < -0.4 is 0 Å². The van der Waals surface area contributed by atoms with Gasteiger partial charge in [-0.3, -0.25) is 9.59 Å². The lowest BCUT2D eigenvalue weighted by atomic mass is 9.43. The Bertz CT molecular complexity index is 728. The summed E-state index contributed by atoms with van der Waals surface area (Å²) in [7, 11) is 0. The monoisotopic (exact) mass is 344 g/mol. The summed E-state index contributed by atoms with van der Waals surface area (Å²) in [5.41, 5.74) is 0.147. The smallest absolute Gasteiger partial charge is 0.313 e. The first kappa shape index (κ1) is 14.8. The van der Waals surface area contributed by atoms with Crippen molar-refractivity contribution in [2.75, 3.05) is 6.61 Å². The van der Waals surface area contributed by atoms with Crippen molar-refractivity contribution in [1.82, 2.24) is 0 Å². The Balaban J connectivity index is 1.58. The normalized spacial score (nSPS) is 57.5. The summed E-state index contributed by atoms with van der Waals surface area (Å²) in [6.45, 7) is 2.22. The molecular formula is C20H24O5. The van der Waals surface area contributed by atoms with Crippen molar-refractivity contribution in [2.45, 2.75) is 51.2 Å². The highest BCUT2D eigenvalue weighted by molar-refractivity contribution is 5.84. The highest BCUT2D eigenvalue weighted by Gasteiger charge is 2.76. The van der Waals surface area contributed by atoms with Crippen molar-refractivity contribution >= 4 is 11.9 Å². The maximum absolute atomic E-state index is 13.0. The van der Waals surface area contributed by atoms with E-state index in [4.69, 9.17) is 9.47 Å². The molecule has 0 amide bonds. The van der Waals surface area contributed by atoms with Gasteiger partial charge in [0.15, 0.2) is 0 Å². The van der Waals surface area contributed by atoms with Gasteiger partial charge in [-0.15, -0.1) is 0 Å². The van der Waals surface area contributed by atoms with E-state index in [0.29, 0.717) is 11.8 Å². The molecule has 5 nitrogen and oxygen atoms in total. The number of aliphatic hydroxyl groups excluding tert-OH is 1. The highest BCUT2D eigenvalue weighted by atomic mass is 16.6. The van der Waals surface area contributed by atoms with Gasteiger partial charge < -0.3 is 14.6 Å². The predicted molar refractivity (Wildman–Crippen MR) is 86.0 cm³/mol. The second-order valence-corrected chi connectivity index (χ2v) is 9.38. The number of esters is 2. The fourth-order valence-electron chi connectivity index (χ4n) is 8.03. The molecule has 7 rings (SSSR count). The maximum atomic E-state index is 13.0. The molecular weight excluding hydrogens is 320 g/mol. The number of hydrogen-bond donors (Lipinski definition) is 1. The van der Waals surface area contributed by atoms with Crippen molar-refractivity contribution in [1.29, 1.82) is 0 Å². The van der Waals surface area contributed by atoms with Crippen LogP contribution in [0.15, 0.2) is 11.6 Å². The summed E-state index contributed by atoms with van der Waals surface area (Å²) < 4.78 is 11.6. The van der Waals surface area contributed by atoms with E-state index in [0.717, 1.165) is 37.7 Å².